The largest absolute Gasteiger partial charge is 0.456 e. The lowest BCUT2D eigenvalue weighted by Crippen LogP contribution is -2.33. The van der Waals surface area contributed by atoms with Crippen LogP contribution in [-0.2, 0) is 38.4 Å². The number of anilines is 1. The fourth-order valence-electron chi connectivity index (χ4n) is 4.55. The highest BCUT2D eigenvalue weighted by Crippen LogP contribution is 2.38. The van der Waals surface area contributed by atoms with E-state index >= 15 is 0 Å². The third-order valence-corrected chi connectivity index (χ3v) is 7.26. The van der Waals surface area contributed by atoms with E-state index in [9.17, 15) is 14.4 Å². The van der Waals surface area contributed by atoms with Crippen molar-refractivity contribution in [2.45, 2.75) is 72.1 Å². The lowest BCUT2D eigenvalue weighted by Gasteiger charge is -2.27. The molecule has 0 unspecified atom stereocenters. The zero-order chi connectivity index (χ0) is 27.7. The van der Waals surface area contributed by atoms with Crippen molar-refractivity contribution in [3.63, 3.8) is 0 Å². The number of amides is 1. The monoisotopic (exact) mass is 536 g/mol. The van der Waals surface area contributed by atoms with Crippen molar-refractivity contribution < 1.29 is 23.9 Å². The Bertz CT molecular complexity index is 1360. The van der Waals surface area contributed by atoms with Crippen LogP contribution in [0, 0.1) is 0 Å². The van der Waals surface area contributed by atoms with Crippen molar-refractivity contribution in [3.05, 3.63) is 64.0 Å². The summed E-state index contributed by atoms with van der Waals surface area (Å²) in [7, 11) is 0. The number of benzene rings is 2. The molecule has 7 nitrogen and oxygen atoms in total. The van der Waals surface area contributed by atoms with Crippen LogP contribution in [0.15, 0.2) is 42.5 Å². The normalized spacial score (nSPS) is 14.2. The number of fused-ring (bicyclic) bond motifs is 2. The molecule has 2 heterocycles. The van der Waals surface area contributed by atoms with E-state index in [1.54, 1.807) is 41.5 Å². The fraction of sp³-hybridized carbons (Fsp3) is 0.433. The van der Waals surface area contributed by atoms with Gasteiger partial charge in [0.25, 0.3) is 0 Å². The molecule has 0 bridgehead atoms. The summed E-state index contributed by atoms with van der Waals surface area (Å²) < 4.78 is 10.9. The second kappa shape index (κ2) is 10.9. The molecule has 1 N–H and O–H groups in total. The van der Waals surface area contributed by atoms with Gasteiger partial charge in [0, 0.05) is 24.5 Å². The van der Waals surface area contributed by atoms with Gasteiger partial charge < -0.3 is 14.8 Å². The van der Waals surface area contributed by atoms with Crippen LogP contribution in [0.1, 0.15) is 67.9 Å². The number of esters is 2. The Morgan fingerprint density at radius 2 is 1.63 bits per heavy atom. The van der Waals surface area contributed by atoms with Gasteiger partial charge >= 0.3 is 17.8 Å². The Hall–Kier alpha value is -3.23. The zero-order valence-electron chi connectivity index (χ0n) is 23.0. The van der Waals surface area contributed by atoms with Crippen molar-refractivity contribution in [1.82, 2.24) is 4.90 Å². The Labute approximate surface area is 228 Å². The molecule has 0 fully saturated rings. The highest BCUT2D eigenvalue weighted by Gasteiger charge is 2.33. The molecule has 0 aliphatic carbocycles. The van der Waals surface area contributed by atoms with Gasteiger partial charge in [0.2, 0.25) is 0 Å². The van der Waals surface area contributed by atoms with E-state index in [-0.39, 0.29) is 0 Å². The topological polar surface area (TPSA) is 84.9 Å². The molecular formula is C30H36N2O5S. The standard InChI is InChI=1S/C30H36N2O5S/c1-29(2,3)36-27(34)24-22-15-17-32(16-14-20-12-9-11-19-10-7-8-13-21(19)20)18-23(22)38-26(24)31-25(33)28(35)37-30(4,5)6/h7-13H,14-18H2,1-6H3,(H,31,33). The number of thiophene rings is 1. The maximum atomic E-state index is 13.2. The molecule has 1 aliphatic rings. The summed E-state index contributed by atoms with van der Waals surface area (Å²) in [6.07, 6.45) is 1.56. The van der Waals surface area contributed by atoms with Gasteiger partial charge in [-0.15, -0.1) is 11.3 Å². The Balaban J connectivity index is 1.54. The van der Waals surface area contributed by atoms with Gasteiger partial charge in [-0.05, 0) is 76.3 Å². The SMILES string of the molecule is CC(C)(C)OC(=O)C(=O)Nc1sc2c(c1C(=O)OC(C)(C)C)CCN(CCc1cccc3ccccc13)C2. The second-order valence-corrected chi connectivity index (χ2v) is 12.7. The maximum absolute atomic E-state index is 13.2. The summed E-state index contributed by atoms with van der Waals surface area (Å²) in [5.74, 6) is -2.40. The summed E-state index contributed by atoms with van der Waals surface area (Å²) in [4.78, 5) is 41.5. The van der Waals surface area contributed by atoms with Gasteiger partial charge in [-0.25, -0.2) is 9.59 Å². The number of rotatable bonds is 5. The maximum Gasteiger partial charge on any atom is 0.397 e. The van der Waals surface area contributed by atoms with Crippen molar-refractivity contribution in [2.75, 3.05) is 18.4 Å². The van der Waals surface area contributed by atoms with E-state index in [2.05, 4.69) is 52.7 Å². The minimum atomic E-state index is -0.990. The number of hydrogen-bond donors (Lipinski definition) is 1. The van der Waals surface area contributed by atoms with E-state index in [1.807, 2.05) is 0 Å². The molecule has 1 amide bonds. The molecule has 8 heteroatoms. The van der Waals surface area contributed by atoms with Crippen molar-refractivity contribution in [3.8, 4) is 0 Å². The van der Waals surface area contributed by atoms with E-state index in [0.29, 0.717) is 23.5 Å². The lowest BCUT2D eigenvalue weighted by atomic mass is 10.00. The summed E-state index contributed by atoms with van der Waals surface area (Å²) in [6.45, 7) is 12.8. The molecule has 0 spiro atoms. The third-order valence-electron chi connectivity index (χ3n) is 6.13. The number of nitrogens with one attached hydrogen (secondary N) is 1. The van der Waals surface area contributed by atoms with Gasteiger partial charge in [0.05, 0.1) is 5.56 Å². The Kier molecular flexibility index (Phi) is 7.95. The van der Waals surface area contributed by atoms with Crippen LogP contribution in [-0.4, -0.2) is 47.0 Å². The number of ether oxygens (including phenoxy) is 2. The van der Waals surface area contributed by atoms with Crippen molar-refractivity contribution in [2.24, 2.45) is 0 Å². The summed E-state index contributed by atoms with van der Waals surface area (Å²) >= 11 is 1.33. The number of hydrogen-bond acceptors (Lipinski definition) is 7. The van der Waals surface area contributed by atoms with Crippen LogP contribution in [0.5, 0.6) is 0 Å². The Morgan fingerprint density at radius 3 is 2.34 bits per heavy atom. The minimum Gasteiger partial charge on any atom is -0.456 e. The second-order valence-electron chi connectivity index (χ2n) is 11.6. The first kappa shape index (κ1) is 27.8. The van der Waals surface area contributed by atoms with Crippen molar-refractivity contribution in [1.29, 1.82) is 0 Å². The number of nitrogens with zero attached hydrogens (tertiary/aromatic N) is 1. The predicted molar refractivity (Wildman–Crippen MR) is 151 cm³/mol. The average Bonchev–Trinajstić information content (AvgIpc) is 3.17. The Morgan fingerprint density at radius 1 is 0.947 bits per heavy atom. The first-order chi connectivity index (χ1) is 17.8. The molecule has 0 saturated carbocycles. The summed E-state index contributed by atoms with van der Waals surface area (Å²) in [6, 6.07) is 14.8. The van der Waals surface area contributed by atoms with Crippen LogP contribution in [0.3, 0.4) is 0 Å². The van der Waals surface area contributed by atoms with Gasteiger partial charge in [-0.2, -0.15) is 0 Å². The van der Waals surface area contributed by atoms with Gasteiger partial charge in [-0.3, -0.25) is 9.69 Å². The minimum absolute atomic E-state index is 0.330. The highest BCUT2D eigenvalue weighted by atomic mass is 32.1. The van der Waals surface area contributed by atoms with Gasteiger partial charge in [-0.1, -0.05) is 42.5 Å². The molecule has 1 aromatic heterocycles. The quantitative estimate of drug-likeness (QED) is 0.331. The highest BCUT2D eigenvalue weighted by molar-refractivity contribution is 7.17. The molecule has 0 atom stereocenters. The van der Waals surface area contributed by atoms with E-state index < -0.39 is 29.0 Å². The van der Waals surface area contributed by atoms with Crippen molar-refractivity contribution >= 4 is 45.0 Å². The number of carbonyl (C=O) groups excluding carboxylic acids is 3. The molecular weight excluding hydrogens is 500 g/mol. The molecule has 0 saturated heterocycles. The molecule has 2 aromatic carbocycles. The van der Waals surface area contributed by atoms with Gasteiger partial charge in [0.1, 0.15) is 16.2 Å². The van der Waals surface area contributed by atoms with Crippen LogP contribution in [0.25, 0.3) is 10.8 Å². The molecule has 0 radical (unpaired) electrons. The third kappa shape index (κ3) is 6.79. The summed E-state index contributed by atoms with van der Waals surface area (Å²) in [5.41, 5.74) is 1.02. The number of carbonyl (C=O) groups is 3. The average molecular weight is 537 g/mol. The smallest absolute Gasteiger partial charge is 0.397 e. The molecule has 1 aliphatic heterocycles. The van der Waals surface area contributed by atoms with Crippen LogP contribution < -0.4 is 5.32 Å². The first-order valence-electron chi connectivity index (χ1n) is 12.9. The molecule has 4 rings (SSSR count). The molecule has 3 aromatic rings. The molecule has 38 heavy (non-hydrogen) atoms. The lowest BCUT2D eigenvalue weighted by molar-refractivity contribution is -0.161. The van der Waals surface area contributed by atoms with E-state index in [4.69, 9.17) is 9.47 Å². The predicted octanol–water partition coefficient (Wildman–Crippen LogP) is 5.74. The zero-order valence-corrected chi connectivity index (χ0v) is 23.8. The van der Waals surface area contributed by atoms with Crippen LogP contribution in [0.2, 0.25) is 0 Å². The van der Waals surface area contributed by atoms with Crippen LogP contribution >= 0.6 is 11.3 Å². The van der Waals surface area contributed by atoms with Crippen LogP contribution in [0.4, 0.5) is 5.00 Å². The first-order valence-corrected chi connectivity index (χ1v) is 13.7. The van der Waals surface area contributed by atoms with E-state index in [1.165, 1.54) is 27.7 Å². The van der Waals surface area contributed by atoms with E-state index in [0.717, 1.165) is 30.0 Å². The molecule has 202 valence electrons. The summed E-state index contributed by atoms with van der Waals surface area (Å²) in [5, 5.41) is 5.46. The fourth-order valence-corrected chi connectivity index (χ4v) is 5.82. The van der Waals surface area contributed by atoms with Gasteiger partial charge in [0.15, 0.2) is 0 Å².